The second kappa shape index (κ2) is 7.09. The maximum Gasteiger partial charge on any atom is 0.256 e. The van der Waals surface area contributed by atoms with Gasteiger partial charge >= 0.3 is 0 Å². The van der Waals surface area contributed by atoms with Gasteiger partial charge in [-0.3, -0.25) is 9.78 Å². The van der Waals surface area contributed by atoms with Gasteiger partial charge in [0.05, 0.1) is 29.7 Å². The van der Waals surface area contributed by atoms with E-state index in [2.05, 4.69) is 11.9 Å². The predicted molar refractivity (Wildman–Crippen MR) is 76.1 cm³/mol. The van der Waals surface area contributed by atoms with Gasteiger partial charge in [0, 0.05) is 19.7 Å². The first kappa shape index (κ1) is 15.4. The van der Waals surface area contributed by atoms with Crippen LogP contribution in [0.1, 0.15) is 36.3 Å². The van der Waals surface area contributed by atoms with Crippen LogP contribution < -0.4 is 5.73 Å². The van der Waals surface area contributed by atoms with Crippen LogP contribution in [-0.4, -0.2) is 42.1 Å². The van der Waals surface area contributed by atoms with Crippen molar-refractivity contribution in [3.8, 4) is 0 Å². The highest BCUT2D eigenvalue weighted by atomic mass is 16.5. The molecule has 5 nitrogen and oxygen atoms in total. The van der Waals surface area contributed by atoms with Gasteiger partial charge in [-0.2, -0.15) is 0 Å². The smallest absolute Gasteiger partial charge is 0.256 e. The van der Waals surface area contributed by atoms with Crippen LogP contribution in [0.5, 0.6) is 0 Å². The summed E-state index contributed by atoms with van der Waals surface area (Å²) in [6, 6.07) is 1.84. The Morgan fingerprint density at radius 1 is 1.58 bits per heavy atom. The summed E-state index contributed by atoms with van der Waals surface area (Å²) in [5.41, 5.74) is 7.49. The normalized spacial score (nSPS) is 12.2. The number of carbonyl (C=O) groups excluding carboxylic acids is 1. The number of rotatable bonds is 6. The molecule has 0 bridgehead atoms. The number of hydrogen-bond acceptors (Lipinski definition) is 4. The summed E-state index contributed by atoms with van der Waals surface area (Å²) < 4.78 is 5.07. The highest BCUT2D eigenvalue weighted by molar-refractivity contribution is 5.96. The Bertz CT molecular complexity index is 435. The Morgan fingerprint density at radius 3 is 2.84 bits per heavy atom. The van der Waals surface area contributed by atoms with Crippen LogP contribution in [0.3, 0.4) is 0 Å². The molecule has 1 unspecified atom stereocenters. The van der Waals surface area contributed by atoms with Crippen molar-refractivity contribution in [1.82, 2.24) is 9.88 Å². The molecule has 19 heavy (non-hydrogen) atoms. The van der Waals surface area contributed by atoms with Crippen molar-refractivity contribution >= 4 is 11.6 Å². The lowest BCUT2D eigenvalue weighted by atomic mass is 10.1. The molecule has 0 aliphatic rings. The molecule has 0 aromatic carbocycles. The maximum absolute atomic E-state index is 12.6. The van der Waals surface area contributed by atoms with E-state index in [9.17, 15) is 4.79 Å². The van der Waals surface area contributed by atoms with Gasteiger partial charge in [-0.25, -0.2) is 0 Å². The molecule has 0 saturated carbocycles. The van der Waals surface area contributed by atoms with Gasteiger partial charge in [-0.1, -0.05) is 6.92 Å². The van der Waals surface area contributed by atoms with Crippen LogP contribution in [0.25, 0.3) is 0 Å². The van der Waals surface area contributed by atoms with Crippen LogP contribution in [0.15, 0.2) is 12.3 Å². The van der Waals surface area contributed by atoms with E-state index >= 15 is 0 Å². The molecule has 1 amide bonds. The number of anilines is 1. The zero-order valence-electron chi connectivity index (χ0n) is 12.1. The SMILES string of the molecule is CCC(C)N(CCOC)C(=O)c1cc(N)cnc1C. The van der Waals surface area contributed by atoms with Gasteiger partial charge in [0.1, 0.15) is 0 Å². The highest BCUT2D eigenvalue weighted by Crippen LogP contribution is 2.15. The molecule has 0 fully saturated rings. The van der Waals surface area contributed by atoms with Gasteiger partial charge < -0.3 is 15.4 Å². The molecule has 2 N–H and O–H groups in total. The second-order valence-electron chi connectivity index (χ2n) is 4.65. The zero-order valence-corrected chi connectivity index (χ0v) is 12.1. The molecular weight excluding hydrogens is 242 g/mol. The number of aryl methyl sites for hydroxylation is 1. The van der Waals surface area contributed by atoms with Crippen LogP contribution in [0, 0.1) is 6.92 Å². The lowest BCUT2D eigenvalue weighted by Gasteiger charge is -2.29. The minimum atomic E-state index is -0.0382. The third-order valence-corrected chi connectivity index (χ3v) is 3.26. The number of aromatic nitrogens is 1. The average molecular weight is 265 g/mol. The fourth-order valence-electron chi connectivity index (χ4n) is 1.85. The average Bonchev–Trinajstić information content (AvgIpc) is 2.41. The summed E-state index contributed by atoms with van der Waals surface area (Å²) in [6.45, 7) is 6.99. The molecule has 1 heterocycles. The number of carbonyl (C=O) groups is 1. The van der Waals surface area contributed by atoms with Gasteiger partial charge in [-0.15, -0.1) is 0 Å². The zero-order chi connectivity index (χ0) is 14.4. The summed E-state index contributed by atoms with van der Waals surface area (Å²) in [7, 11) is 1.63. The molecule has 0 spiro atoms. The number of amides is 1. The number of hydrogen-bond donors (Lipinski definition) is 1. The monoisotopic (exact) mass is 265 g/mol. The van der Waals surface area contributed by atoms with Gasteiger partial charge in [0.25, 0.3) is 5.91 Å². The molecule has 106 valence electrons. The van der Waals surface area contributed by atoms with Crippen molar-refractivity contribution < 1.29 is 9.53 Å². The number of methoxy groups -OCH3 is 1. The van der Waals surface area contributed by atoms with Crippen molar-refractivity contribution in [1.29, 1.82) is 0 Å². The molecule has 1 rings (SSSR count). The first-order valence-corrected chi connectivity index (χ1v) is 6.53. The minimum absolute atomic E-state index is 0.0382. The summed E-state index contributed by atoms with van der Waals surface area (Å²) >= 11 is 0. The number of pyridine rings is 1. The van der Waals surface area contributed by atoms with Crippen molar-refractivity contribution in [3.05, 3.63) is 23.5 Å². The third kappa shape index (κ3) is 3.92. The molecule has 1 aromatic heterocycles. The van der Waals surface area contributed by atoms with Gasteiger partial charge in [0.2, 0.25) is 0 Å². The number of nitrogens with zero attached hydrogens (tertiary/aromatic N) is 2. The lowest BCUT2D eigenvalue weighted by Crippen LogP contribution is -2.40. The van der Waals surface area contributed by atoms with E-state index in [1.807, 2.05) is 18.7 Å². The van der Waals surface area contributed by atoms with Gasteiger partial charge in [0.15, 0.2) is 0 Å². The van der Waals surface area contributed by atoms with Crippen molar-refractivity contribution in [2.45, 2.75) is 33.2 Å². The Morgan fingerprint density at radius 2 is 2.26 bits per heavy atom. The van der Waals surface area contributed by atoms with E-state index in [1.165, 1.54) is 0 Å². The first-order chi connectivity index (χ1) is 9.01. The van der Waals surface area contributed by atoms with Crippen molar-refractivity contribution in [2.75, 3.05) is 26.0 Å². The summed E-state index contributed by atoms with van der Waals surface area (Å²) in [5, 5.41) is 0. The molecule has 0 aliphatic carbocycles. The number of nitrogens with two attached hydrogens (primary N) is 1. The molecule has 5 heteroatoms. The van der Waals surface area contributed by atoms with Crippen LogP contribution >= 0.6 is 0 Å². The van der Waals surface area contributed by atoms with E-state index in [0.29, 0.717) is 30.1 Å². The minimum Gasteiger partial charge on any atom is -0.397 e. The fourth-order valence-corrected chi connectivity index (χ4v) is 1.85. The Hall–Kier alpha value is -1.62. The number of nitrogen functional groups attached to an aromatic ring is 1. The van der Waals surface area contributed by atoms with Crippen molar-refractivity contribution in [2.24, 2.45) is 0 Å². The molecule has 0 saturated heterocycles. The molecule has 0 radical (unpaired) electrons. The summed E-state index contributed by atoms with van der Waals surface area (Å²) in [5.74, 6) is -0.0382. The standard InChI is InChI=1S/C14H23N3O2/c1-5-10(2)17(6-7-19-4)14(18)13-8-12(15)9-16-11(13)3/h8-10H,5-7,15H2,1-4H3. The van der Waals surface area contributed by atoms with Crippen LogP contribution in [0.2, 0.25) is 0 Å². The highest BCUT2D eigenvalue weighted by Gasteiger charge is 2.22. The van der Waals surface area contributed by atoms with E-state index < -0.39 is 0 Å². The maximum atomic E-state index is 12.6. The molecule has 1 aromatic rings. The molecular formula is C14H23N3O2. The summed E-state index contributed by atoms with van der Waals surface area (Å²) in [4.78, 5) is 18.6. The molecule has 0 aliphatic heterocycles. The van der Waals surface area contributed by atoms with Crippen LogP contribution in [0.4, 0.5) is 5.69 Å². The van der Waals surface area contributed by atoms with Gasteiger partial charge in [-0.05, 0) is 26.3 Å². The quantitative estimate of drug-likeness (QED) is 0.852. The fraction of sp³-hybridized carbons (Fsp3) is 0.571. The van der Waals surface area contributed by atoms with Crippen LogP contribution in [-0.2, 0) is 4.74 Å². The topological polar surface area (TPSA) is 68.5 Å². The number of ether oxygens (including phenoxy) is 1. The molecule has 1 atom stereocenters. The van der Waals surface area contributed by atoms with E-state index in [4.69, 9.17) is 10.5 Å². The Balaban J connectivity index is 3.00. The lowest BCUT2D eigenvalue weighted by molar-refractivity contribution is 0.0613. The summed E-state index contributed by atoms with van der Waals surface area (Å²) in [6.07, 6.45) is 2.46. The predicted octanol–water partition coefficient (Wildman–Crippen LogP) is 1.86. The largest absolute Gasteiger partial charge is 0.397 e. The first-order valence-electron chi connectivity index (χ1n) is 6.53. The van der Waals surface area contributed by atoms with E-state index in [1.54, 1.807) is 19.4 Å². The van der Waals surface area contributed by atoms with E-state index in [0.717, 1.165) is 6.42 Å². The Labute approximate surface area is 114 Å². The second-order valence-corrected chi connectivity index (χ2v) is 4.65. The third-order valence-electron chi connectivity index (χ3n) is 3.26. The van der Waals surface area contributed by atoms with Crippen molar-refractivity contribution in [3.63, 3.8) is 0 Å². The Kier molecular flexibility index (Phi) is 5.76. The van der Waals surface area contributed by atoms with E-state index in [-0.39, 0.29) is 11.9 Å².